The summed E-state index contributed by atoms with van der Waals surface area (Å²) in [7, 11) is 0. The van der Waals surface area contributed by atoms with Crippen LogP contribution in [0.2, 0.25) is 0 Å². The van der Waals surface area contributed by atoms with E-state index in [0.717, 1.165) is 21.1 Å². The van der Waals surface area contributed by atoms with Crippen molar-refractivity contribution in [1.29, 1.82) is 0 Å². The van der Waals surface area contributed by atoms with Crippen molar-refractivity contribution >= 4 is 27.0 Å². The molecular formula is C14H8BrFN2. The van der Waals surface area contributed by atoms with Crippen LogP contribution in [-0.2, 0) is 0 Å². The maximum absolute atomic E-state index is 12.9. The molecule has 1 aromatic carbocycles. The minimum Gasteiger partial charge on any atom is -0.235 e. The molecule has 0 amide bonds. The van der Waals surface area contributed by atoms with E-state index in [1.165, 1.54) is 12.1 Å². The summed E-state index contributed by atoms with van der Waals surface area (Å²) in [6, 6.07) is 12.1. The molecule has 0 aliphatic carbocycles. The van der Waals surface area contributed by atoms with E-state index in [2.05, 4.69) is 25.9 Å². The fourth-order valence-corrected chi connectivity index (χ4v) is 2.11. The zero-order valence-corrected chi connectivity index (χ0v) is 10.9. The summed E-state index contributed by atoms with van der Waals surface area (Å²) in [5.41, 5.74) is 2.35. The zero-order chi connectivity index (χ0) is 12.5. The highest BCUT2D eigenvalue weighted by atomic mass is 79.9. The van der Waals surface area contributed by atoms with E-state index in [9.17, 15) is 4.39 Å². The van der Waals surface area contributed by atoms with Gasteiger partial charge in [-0.3, -0.25) is 0 Å². The molecule has 4 heteroatoms. The fraction of sp³-hybridized carbons (Fsp3) is 0. The maximum atomic E-state index is 12.9. The van der Waals surface area contributed by atoms with Crippen LogP contribution in [0.3, 0.4) is 0 Å². The summed E-state index contributed by atoms with van der Waals surface area (Å²) in [6.07, 6.45) is 1.71. The first-order valence-corrected chi connectivity index (χ1v) is 6.20. The van der Waals surface area contributed by atoms with Crippen LogP contribution >= 0.6 is 15.9 Å². The Kier molecular flexibility index (Phi) is 2.80. The van der Waals surface area contributed by atoms with E-state index >= 15 is 0 Å². The van der Waals surface area contributed by atoms with Crippen LogP contribution < -0.4 is 0 Å². The molecule has 0 saturated carbocycles. The summed E-state index contributed by atoms with van der Waals surface area (Å²) in [5.74, 6) is -0.249. The Morgan fingerprint density at radius 3 is 2.56 bits per heavy atom. The first-order valence-electron chi connectivity index (χ1n) is 5.41. The highest BCUT2D eigenvalue weighted by molar-refractivity contribution is 9.10. The lowest BCUT2D eigenvalue weighted by Crippen LogP contribution is -1.88. The molecule has 0 radical (unpaired) electrons. The van der Waals surface area contributed by atoms with Crippen molar-refractivity contribution in [2.24, 2.45) is 0 Å². The average molecular weight is 303 g/mol. The van der Waals surface area contributed by atoms with Gasteiger partial charge in [-0.15, -0.1) is 0 Å². The molecule has 0 fully saturated rings. The Morgan fingerprint density at radius 1 is 1.00 bits per heavy atom. The second-order valence-corrected chi connectivity index (χ2v) is 4.82. The number of rotatable bonds is 1. The molecule has 2 heterocycles. The summed E-state index contributed by atoms with van der Waals surface area (Å²) < 4.78 is 13.8. The maximum Gasteiger partial charge on any atom is 0.159 e. The van der Waals surface area contributed by atoms with Crippen LogP contribution in [0.15, 0.2) is 53.1 Å². The first-order chi connectivity index (χ1) is 8.72. The summed E-state index contributed by atoms with van der Waals surface area (Å²) >= 11 is 3.37. The number of fused-ring (bicyclic) bond motifs is 1. The third-order valence-corrected chi connectivity index (χ3v) is 3.08. The average Bonchev–Trinajstić information content (AvgIpc) is 2.39. The SMILES string of the molecule is Fc1ccc(-c2ccc3cc(Br)cnc3n2)cc1. The quantitative estimate of drug-likeness (QED) is 0.673. The third kappa shape index (κ3) is 2.11. The van der Waals surface area contributed by atoms with Crippen molar-refractivity contribution in [3.63, 3.8) is 0 Å². The lowest BCUT2D eigenvalue weighted by atomic mass is 10.1. The van der Waals surface area contributed by atoms with Gasteiger partial charge in [-0.25, -0.2) is 14.4 Å². The molecule has 0 aliphatic rings. The van der Waals surface area contributed by atoms with Gasteiger partial charge in [0.2, 0.25) is 0 Å². The predicted octanol–water partition coefficient (Wildman–Crippen LogP) is 4.20. The topological polar surface area (TPSA) is 25.8 Å². The molecule has 0 atom stereocenters. The number of hydrogen-bond acceptors (Lipinski definition) is 2. The number of hydrogen-bond donors (Lipinski definition) is 0. The zero-order valence-electron chi connectivity index (χ0n) is 9.27. The van der Waals surface area contributed by atoms with Gasteiger partial charge in [-0.2, -0.15) is 0 Å². The van der Waals surface area contributed by atoms with Gasteiger partial charge in [-0.1, -0.05) is 0 Å². The molecule has 3 rings (SSSR count). The van der Waals surface area contributed by atoms with Gasteiger partial charge in [0, 0.05) is 21.6 Å². The summed E-state index contributed by atoms with van der Waals surface area (Å²) in [4.78, 5) is 8.71. The Morgan fingerprint density at radius 2 is 1.78 bits per heavy atom. The van der Waals surface area contributed by atoms with Crippen LogP contribution in [0.4, 0.5) is 4.39 Å². The second kappa shape index (κ2) is 4.46. The minimum absolute atomic E-state index is 0.249. The van der Waals surface area contributed by atoms with Gasteiger partial charge in [0.25, 0.3) is 0 Å². The van der Waals surface area contributed by atoms with Gasteiger partial charge >= 0.3 is 0 Å². The van der Waals surface area contributed by atoms with Crippen LogP contribution in [0.1, 0.15) is 0 Å². The normalized spacial score (nSPS) is 10.8. The molecule has 0 saturated heterocycles. The molecular weight excluding hydrogens is 295 g/mol. The number of nitrogens with zero attached hydrogens (tertiary/aromatic N) is 2. The van der Waals surface area contributed by atoms with Gasteiger partial charge < -0.3 is 0 Å². The molecule has 18 heavy (non-hydrogen) atoms. The number of halogens is 2. The molecule has 0 aliphatic heterocycles. The van der Waals surface area contributed by atoms with Gasteiger partial charge in [0.15, 0.2) is 5.65 Å². The first kappa shape index (κ1) is 11.3. The van der Waals surface area contributed by atoms with Crippen molar-refractivity contribution in [3.05, 3.63) is 59.0 Å². The second-order valence-electron chi connectivity index (χ2n) is 3.90. The Hall–Kier alpha value is -1.81. The lowest BCUT2D eigenvalue weighted by molar-refractivity contribution is 0.628. The molecule has 0 unspecified atom stereocenters. The highest BCUT2D eigenvalue weighted by Gasteiger charge is 2.03. The molecule has 88 valence electrons. The molecule has 2 nitrogen and oxygen atoms in total. The highest BCUT2D eigenvalue weighted by Crippen LogP contribution is 2.22. The Bertz CT molecular complexity index is 711. The Balaban J connectivity index is 2.13. The molecule has 0 N–H and O–H groups in total. The van der Waals surface area contributed by atoms with Crippen molar-refractivity contribution in [2.45, 2.75) is 0 Å². The standard InChI is InChI=1S/C14H8BrFN2/c15-11-7-10-3-6-13(18-14(10)17-8-11)9-1-4-12(16)5-2-9/h1-8H. The van der Waals surface area contributed by atoms with Gasteiger partial charge in [-0.05, 0) is 58.4 Å². The van der Waals surface area contributed by atoms with Crippen molar-refractivity contribution in [2.75, 3.05) is 0 Å². The number of aromatic nitrogens is 2. The molecule has 3 aromatic rings. The van der Waals surface area contributed by atoms with Crippen molar-refractivity contribution in [1.82, 2.24) is 9.97 Å². The third-order valence-electron chi connectivity index (χ3n) is 2.65. The predicted molar refractivity (Wildman–Crippen MR) is 72.6 cm³/mol. The van der Waals surface area contributed by atoms with E-state index in [-0.39, 0.29) is 5.82 Å². The molecule has 0 bridgehead atoms. The minimum atomic E-state index is -0.249. The number of pyridine rings is 2. The monoisotopic (exact) mass is 302 g/mol. The molecule has 0 spiro atoms. The van der Waals surface area contributed by atoms with Crippen LogP contribution in [-0.4, -0.2) is 9.97 Å². The van der Waals surface area contributed by atoms with Crippen molar-refractivity contribution < 1.29 is 4.39 Å². The summed E-state index contributed by atoms with van der Waals surface area (Å²) in [5, 5.41) is 0.968. The van der Waals surface area contributed by atoms with E-state index in [0.29, 0.717) is 5.65 Å². The van der Waals surface area contributed by atoms with E-state index in [4.69, 9.17) is 0 Å². The van der Waals surface area contributed by atoms with E-state index < -0.39 is 0 Å². The van der Waals surface area contributed by atoms with Crippen molar-refractivity contribution in [3.8, 4) is 11.3 Å². The number of benzene rings is 1. The van der Waals surface area contributed by atoms with Gasteiger partial charge in [0.05, 0.1) is 5.69 Å². The van der Waals surface area contributed by atoms with Crippen LogP contribution in [0.25, 0.3) is 22.3 Å². The largest absolute Gasteiger partial charge is 0.235 e. The lowest BCUT2D eigenvalue weighted by Gasteiger charge is -2.03. The van der Waals surface area contributed by atoms with Gasteiger partial charge in [0.1, 0.15) is 5.82 Å². The molecule has 2 aromatic heterocycles. The Labute approximate surface area is 112 Å². The van der Waals surface area contributed by atoms with E-state index in [1.54, 1.807) is 18.3 Å². The van der Waals surface area contributed by atoms with Crippen LogP contribution in [0.5, 0.6) is 0 Å². The fourth-order valence-electron chi connectivity index (χ4n) is 1.77. The summed E-state index contributed by atoms with van der Waals surface area (Å²) in [6.45, 7) is 0. The van der Waals surface area contributed by atoms with E-state index in [1.807, 2.05) is 18.2 Å². The smallest absolute Gasteiger partial charge is 0.159 e. The van der Waals surface area contributed by atoms with Crippen LogP contribution in [0, 0.1) is 5.82 Å².